The van der Waals surface area contributed by atoms with E-state index >= 15 is 0 Å². The second kappa shape index (κ2) is 5.19. The number of benzene rings is 2. The number of nitriles is 1. The Morgan fingerprint density at radius 1 is 1.15 bits per heavy atom. The summed E-state index contributed by atoms with van der Waals surface area (Å²) in [5.41, 5.74) is 6.22. The van der Waals surface area contributed by atoms with E-state index in [1.807, 2.05) is 6.07 Å². The first-order valence-electron chi connectivity index (χ1n) is 5.50. The molecule has 0 aliphatic rings. The summed E-state index contributed by atoms with van der Waals surface area (Å²) in [5, 5.41) is 8.65. The molecule has 2 rings (SSSR count). The summed E-state index contributed by atoms with van der Waals surface area (Å²) in [6.45, 7) is 0. The quantitative estimate of drug-likeness (QED) is 0.846. The third-order valence-corrected chi connectivity index (χ3v) is 3.91. The van der Waals surface area contributed by atoms with Crippen LogP contribution >= 0.6 is 0 Å². The van der Waals surface area contributed by atoms with Crippen molar-refractivity contribution in [3.63, 3.8) is 0 Å². The molecule has 20 heavy (non-hydrogen) atoms. The average molecular weight is 291 g/mol. The number of nitrogens with one attached hydrogen (secondary N) is 1. The maximum absolute atomic E-state index is 13.6. The molecular formula is C13H10FN3O2S. The van der Waals surface area contributed by atoms with Gasteiger partial charge in [-0.15, -0.1) is 0 Å². The van der Waals surface area contributed by atoms with Crippen LogP contribution in [0.25, 0.3) is 0 Å². The second-order valence-corrected chi connectivity index (χ2v) is 5.64. The van der Waals surface area contributed by atoms with Gasteiger partial charge >= 0.3 is 0 Å². The van der Waals surface area contributed by atoms with Gasteiger partial charge in [0, 0.05) is 11.4 Å². The maximum atomic E-state index is 13.6. The zero-order valence-electron chi connectivity index (χ0n) is 10.2. The Labute approximate surface area is 115 Å². The number of hydrogen-bond donors (Lipinski definition) is 2. The van der Waals surface area contributed by atoms with Crippen LogP contribution in [-0.4, -0.2) is 8.42 Å². The Kier molecular flexibility index (Phi) is 3.59. The number of nitrogen functional groups attached to an aromatic ring is 1. The van der Waals surface area contributed by atoms with Crippen molar-refractivity contribution in [1.82, 2.24) is 0 Å². The molecule has 0 saturated carbocycles. The van der Waals surface area contributed by atoms with Crippen LogP contribution in [0.2, 0.25) is 0 Å². The van der Waals surface area contributed by atoms with Gasteiger partial charge in [0.05, 0.1) is 11.6 Å². The van der Waals surface area contributed by atoms with Crippen molar-refractivity contribution >= 4 is 21.4 Å². The summed E-state index contributed by atoms with van der Waals surface area (Å²) in [5.74, 6) is -0.889. The zero-order valence-corrected chi connectivity index (χ0v) is 11.0. The summed E-state index contributed by atoms with van der Waals surface area (Å²) < 4.78 is 39.9. The van der Waals surface area contributed by atoms with Gasteiger partial charge in [0.25, 0.3) is 10.0 Å². The lowest BCUT2D eigenvalue weighted by Crippen LogP contribution is -2.15. The SMILES string of the molecule is N#Cc1ccc(NS(=O)(=O)c2cc(N)ccc2F)cc1. The minimum absolute atomic E-state index is 0.145. The van der Waals surface area contributed by atoms with Gasteiger partial charge in [-0.2, -0.15) is 5.26 Å². The Bertz CT molecular complexity index is 780. The molecule has 0 aromatic heterocycles. The molecule has 0 bridgehead atoms. The smallest absolute Gasteiger partial charge is 0.264 e. The van der Waals surface area contributed by atoms with Crippen LogP contribution < -0.4 is 10.5 Å². The molecule has 0 aliphatic carbocycles. The van der Waals surface area contributed by atoms with Crippen LogP contribution in [0.1, 0.15) is 5.56 Å². The molecule has 7 heteroatoms. The molecule has 5 nitrogen and oxygen atoms in total. The predicted octanol–water partition coefficient (Wildman–Crippen LogP) is 2.08. The molecule has 0 spiro atoms. The lowest BCUT2D eigenvalue weighted by molar-refractivity contribution is 0.570. The van der Waals surface area contributed by atoms with Gasteiger partial charge in [0.15, 0.2) is 0 Å². The highest BCUT2D eigenvalue weighted by atomic mass is 32.2. The van der Waals surface area contributed by atoms with Crippen molar-refractivity contribution in [2.45, 2.75) is 4.90 Å². The first kappa shape index (κ1) is 13.8. The highest BCUT2D eigenvalue weighted by Crippen LogP contribution is 2.21. The van der Waals surface area contributed by atoms with Crippen molar-refractivity contribution in [1.29, 1.82) is 5.26 Å². The molecular weight excluding hydrogens is 281 g/mol. The number of hydrogen-bond acceptors (Lipinski definition) is 4. The topological polar surface area (TPSA) is 96.0 Å². The molecule has 2 aromatic rings. The number of rotatable bonds is 3. The number of anilines is 2. The van der Waals surface area contributed by atoms with E-state index < -0.39 is 20.7 Å². The van der Waals surface area contributed by atoms with E-state index in [4.69, 9.17) is 11.0 Å². The summed E-state index contributed by atoms with van der Waals surface area (Å²) >= 11 is 0. The number of halogens is 1. The number of nitrogens with zero attached hydrogens (tertiary/aromatic N) is 1. The van der Waals surface area contributed by atoms with E-state index in [0.717, 1.165) is 12.1 Å². The molecule has 0 unspecified atom stereocenters. The standard InChI is InChI=1S/C13H10FN3O2S/c14-12-6-3-10(16)7-13(12)20(18,19)17-11-4-1-9(8-15)2-5-11/h1-7,17H,16H2. The van der Waals surface area contributed by atoms with Gasteiger partial charge in [-0.25, -0.2) is 12.8 Å². The minimum Gasteiger partial charge on any atom is -0.399 e. The van der Waals surface area contributed by atoms with E-state index in [-0.39, 0.29) is 11.4 Å². The van der Waals surface area contributed by atoms with Crippen LogP contribution in [0.15, 0.2) is 47.4 Å². The summed E-state index contributed by atoms with van der Waals surface area (Å²) in [6.07, 6.45) is 0. The van der Waals surface area contributed by atoms with Gasteiger partial charge in [-0.3, -0.25) is 4.72 Å². The highest BCUT2D eigenvalue weighted by molar-refractivity contribution is 7.92. The van der Waals surface area contributed by atoms with E-state index in [1.54, 1.807) is 0 Å². The molecule has 3 N–H and O–H groups in total. The van der Waals surface area contributed by atoms with Gasteiger partial charge in [0.1, 0.15) is 10.7 Å². The molecule has 0 heterocycles. The molecule has 0 amide bonds. The molecule has 0 aliphatic heterocycles. The third-order valence-electron chi connectivity index (χ3n) is 2.51. The second-order valence-electron chi connectivity index (χ2n) is 3.98. The molecule has 2 aromatic carbocycles. The van der Waals surface area contributed by atoms with Crippen molar-refractivity contribution in [2.24, 2.45) is 0 Å². The monoisotopic (exact) mass is 291 g/mol. The molecule has 0 radical (unpaired) electrons. The largest absolute Gasteiger partial charge is 0.399 e. The van der Waals surface area contributed by atoms with Crippen molar-refractivity contribution in [3.8, 4) is 6.07 Å². The zero-order chi connectivity index (χ0) is 14.8. The molecule has 0 fully saturated rings. The molecule has 102 valence electrons. The lowest BCUT2D eigenvalue weighted by Gasteiger charge is -2.09. The Morgan fingerprint density at radius 2 is 1.80 bits per heavy atom. The normalized spacial score (nSPS) is 10.8. The van der Waals surface area contributed by atoms with Crippen LogP contribution in [0, 0.1) is 17.1 Å². The fourth-order valence-corrected chi connectivity index (χ4v) is 2.72. The maximum Gasteiger partial charge on any atom is 0.264 e. The first-order valence-corrected chi connectivity index (χ1v) is 6.99. The van der Waals surface area contributed by atoms with Gasteiger partial charge in [-0.1, -0.05) is 0 Å². The lowest BCUT2D eigenvalue weighted by atomic mass is 10.2. The van der Waals surface area contributed by atoms with Crippen molar-refractivity contribution in [3.05, 3.63) is 53.8 Å². The van der Waals surface area contributed by atoms with Gasteiger partial charge < -0.3 is 5.73 Å². The van der Waals surface area contributed by atoms with Crippen LogP contribution in [0.4, 0.5) is 15.8 Å². The molecule has 0 atom stereocenters. The summed E-state index contributed by atoms with van der Waals surface area (Å²) in [7, 11) is -4.07. The fourth-order valence-electron chi connectivity index (χ4n) is 1.55. The Balaban J connectivity index is 2.35. The Morgan fingerprint density at radius 3 is 2.40 bits per heavy atom. The molecule has 0 saturated heterocycles. The van der Waals surface area contributed by atoms with E-state index in [9.17, 15) is 12.8 Å². The predicted molar refractivity (Wildman–Crippen MR) is 72.8 cm³/mol. The highest BCUT2D eigenvalue weighted by Gasteiger charge is 2.19. The van der Waals surface area contributed by atoms with E-state index in [2.05, 4.69) is 4.72 Å². The summed E-state index contributed by atoms with van der Waals surface area (Å²) in [6, 6.07) is 11.0. The summed E-state index contributed by atoms with van der Waals surface area (Å²) in [4.78, 5) is -0.526. The minimum atomic E-state index is -4.07. The van der Waals surface area contributed by atoms with Crippen LogP contribution in [0.5, 0.6) is 0 Å². The fraction of sp³-hybridized carbons (Fsp3) is 0. The van der Waals surface area contributed by atoms with Gasteiger partial charge in [-0.05, 0) is 42.5 Å². The average Bonchev–Trinajstić information content (AvgIpc) is 2.42. The Hall–Kier alpha value is -2.59. The van der Waals surface area contributed by atoms with Crippen LogP contribution in [0.3, 0.4) is 0 Å². The third kappa shape index (κ3) is 2.87. The van der Waals surface area contributed by atoms with Crippen molar-refractivity contribution in [2.75, 3.05) is 10.5 Å². The van der Waals surface area contributed by atoms with E-state index in [1.165, 1.54) is 30.3 Å². The van der Waals surface area contributed by atoms with Gasteiger partial charge in [0.2, 0.25) is 0 Å². The van der Waals surface area contributed by atoms with E-state index in [0.29, 0.717) is 5.56 Å². The van der Waals surface area contributed by atoms with Crippen LogP contribution in [-0.2, 0) is 10.0 Å². The van der Waals surface area contributed by atoms with Crippen molar-refractivity contribution < 1.29 is 12.8 Å². The number of sulfonamides is 1. The number of nitrogens with two attached hydrogens (primary N) is 1. The first-order chi connectivity index (χ1) is 9.42.